The highest BCUT2D eigenvalue weighted by atomic mass is 16.5. The monoisotopic (exact) mass is 263 g/mol. The SMILES string of the molecule is CCCCCCCOC(CNC)c1ccccc1C. The van der Waals surface area contributed by atoms with Gasteiger partial charge in [0.1, 0.15) is 0 Å². The van der Waals surface area contributed by atoms with Gasteiger partial charge in [0.15, 0.2) is 0 Å². The maximum atomic E-state index is 6.07. The van der Waals surface area contributed by atoms with E-state index in [1.807, 2.05) is 7.05 Å². The van der Waals surface area contributed by atoms with Crippen LogP contribution < -0.4 is 5.32 Å². The number of unbranched alkanes of at least 4 members (excludes halogenated alkanes) is 4. The van der Waals surface area contributed by atoms with Crippen molar-refractivity contribution in [3.05, 3.63) is 35.4 Å². The van der Waals surface area contributed by atoms with Crippen LogP contribution in [0.15, 0.2) is 24.3 Å². The zero-order valence-electron chi connectivity index (χ0n) is 12.7. The van der Waals surface area contributed by atoms with Crippen LogP contribution in [0.25, 0.3) is 0 Å². The normalized spacial score (nSPS) is 12.6. The Morgan fingerprint density at radius 1 is 1.11 bits per heavy atom. The molecule has 0 radical (unpaired) electrons. The third-order valence-corrected chi connectivity index (χ3v) is 3.49. The van der Waals surface area contributed by atoms with Gasteiger partial charge in [0.2, 0.25) is 0 Å². The van der Waals surface area contributed by atoms with Crippen LogP contribution in [0, 0.1) is 6.92 Å². The summed E-state index contributed by atoms with van der Waals surface area (Å²) in [4.78, 5) is 0. The minimum absolute atomic E-state index is 0.178. The predicted molar refractivity (Wildman–Crippen MR) is 82.6 cm³/mol. The third-order valence-electron chi connectivity index (χ3n) is 3.49. The molecule has 0 saturated carbocycles. The zero-order valence-corrected chi connectivity index (χ0v) is 12.7. The molecule has 1 aromatic rings. The van der Waals surface area contributed by atoms with Crippen molar-refractivity contribution >= 4 is 0 Å². The molecule has 0 aliphatic rings. The molecule has 0 spiro atoms. The summed E-state index contributed by atoms with van der Waals surface area (Å²) in [6.07, 6.45) is 6.61. The molecule has 1 unspecified atom stereocenters. The highest BCUT2D eigenvalue weighted by Gasteiger charge is 2.12. The van der Waals surface area contributed by atoms with E-state index >= 15 is 0 Å². The molecule has 108 valence electrons. The molecule has 1 aromatic carbocycles. The third kappa shape index (κ3) is 6.22. The minimum Gasteiger partial charge on any atom is -0.372 e. The van der Waals surface area contributed by atoms with Gasteiger partial charge in [0, 0.05) is 13.2 Å². The summed E-state index contributed by atoms with van der Waals surface area (Å²) in [6, 6.07) is 8.51. The van der Waals surface area contributed by atoms with Gasteiger partial charge in [-0.15, -0.1) is 0 Å². The summed E-state index contributed by atoms with van der Waals surface area (Å²) in [7, 11) is 1.98. The standard InChI is InChI=1S/C17H29NO/c1-4-5-6-7-10-13-19-17(14-18-3)16-12-9-8-11-15(16)2/h8-9,11-12,17-18H,4-7,10,13-14H2,1-3H3. The molecular formula is C17H29NO. The second-order valence-corrected chi connectivity index (χ2v) is 5.19. The van der Waals surface area contributed by atoms with Crippen LogP contribution in [-0.4, -0.2) is 20.2 Å². The number of aryl methyl sites for hydroxylation is 1. The van der Waals surface area contributed by atoms with Gasteiger partial charge in [0.25, 0.3) is 0 Å². The van der Waals surface area contributed by atoms with Gasteiger partial charge < -0.3 is 10.1 Å². The highest BCUT2D eigenvalue weighted by molar-refractivity contribution is 5.28. The summed E-state index contributed by atoms with van der Waals surface area (Å²) < 4.78 is 6.07. The van der Waals surface area contributed by atoms with Gasteiger partial charge in [-0.1, -0.05) is 56.9 Å². The van der Waals surface area contributed by atoms with E-state index < -0.39 is 0 Å². The van der Waals surface area contributed by atoms with Gasteiger partial charge in [-0.05, 0) is 31.5 Å². The highest BCUT2D eigenvalue weighted by Crippen LogP contribution is 2.21. The molecule has 1 N–H and O–H groups in total. The lowest BCUT2D eigenvalue weighted by molar-refractivity contribution is 0.0507. The summed E-state index contributed by atoms with van der Waals surface area (Å²) in [6.45, 7) is 6.14. The fourth-order valence-electron chi connectivity index (χ4n) is 2.32. The van der Waals surface area contributed by atoms with Crippen molar-refractivity contribution in [3.8, 4) is 0 Å². The Balaban J connectivity index is 2.39. The molecular weight excluding hydrogens is 234 g/mol. The fourth-order valence-corrected chi connectivity index (χ4v) is 2.32. The van der Waals surface area contributed by atoms with Crippen molar-refractivity contribution in [3.63, 3.8) is 0 Å². The van der Waals surface area contributed by atoms with Gasteiger partial charge in [-0.2, -0.15) is 0 Å². The molecule has 2 nitrogen and oxygen atoms in total. The Kier molecular flexibility index (Phi) is 8.52. The Hall–Kier alpha value is -0.860. The van der Waals surface area contributed by atoms with E-state index in [-0.39, 0.29) is 6.10 Å². The van der Waals surface area contributed by atoms with Crippen molar-refractivity contribution in [2.45, 2.75) is 52.1 Å². The molecule has 0 bridgehead atoms. The Labute approximate surface area is 118 Å². The number of ether oxygens (including phenoxy) is 1. The molecule has 0 aromatic heterocycles. The summed E-state index contributed by atoms with van der Waals surface area (Å²) >= 11 is 0. The first-order chi connectivity index (χ1) is 9.29. The maximum absolute atomic E-state index is 6.07. The quantitative estimate of drug-likeness (QED) is 0.637. The van der Waals surface area contributed by atoms with Crippen LogP contribution in [0.5, 0.6) is 0 Å². The Morgan fingerprint density at radius 2 is 1.84 bits per heavy atom. The number of nitrogens with one attached hydrogen (secondary N) is 1. The number of rotatable bonds is 10. The molecule has 1 rings (SSSR count). The average molecular weight is 263 g/mol. The Morgan fingerprint density at radius 3 is 2.53 bits per heavy atom. The van der Waals surface area contributed by atoms with Crippen LogP contribution in [0.1, 0.15) is 56.3 Å². The lowest BCUT2D eigenvalue weighted by Gasteiger charge is -2.20. The number of hydrogen-bond acceptors (Lipinski definition) is 2. The van der Waals surface area contributed by atoms with Gasteiger partial charge in [-0.3, -0.25) is 0 Å². The first-order valence-electron chi connectivity index (χ1n) is 7.61. The smallest absolute Gasteiger partial charge is 0.0951 e. The maximum Gasteiger partial charge on any atom is 0.0951 e. The predicted octanol–water partition coefficient (Wildman–Crippen LogP) is 4.24. The van der Waals surface area contributed by atoms with Crippen LogP contribution in [-0.2, 0) is 4.74 Å². The Bertz CT molecular complexity index is 338. The average Bonchev–Trinajstić information content (AvgIpc) is 2.42. The zero-order chi connectivity index (χ0) is 13.9. The van der Waals surface area contributed by atoms with E-state index in [0.29, 0.717) is 0 Å². The summed E-state index contributed by atoms with van der Waals surface area (Å²) in [5.74, 6) is 0. The fraction of sp³-hybridized carbons (Fsp3) is 0.647. The molecule has 0 amide bonds. The molecule has 2 heteroatoms. The van der Waals surface area contributed by atoms with Crippen LogP contribution >= 0.6 is 0 Å². The second-order valence-electron chi connectivity index (χ2n) is 5.19. The lowest BCUT2D eigenvalue weighted by atomic mass is 10.0. The molecule has 0 aliphatic carbocycles. The second kappa shape index (κ2) is 9.99. The van der Waals surface area contributed by atoms with Gasteiger partial charge in [-0.25, -0.2) is 0 Å². The molecule has 0 saturated heterocycles. The van der Waals surface area contributed by atoms with Crippen LogP contribution in [0.2, 0.25) is 0 Å². The van der Waals surface area contributed by atoms with Crippen LogP contribution in [0.3, 0.4) is 0 Å². The van der Waals surface area contributed by atoms with Crippen LogP contribution in [0.4, 0.5) is 0 Å². The van der Waals surface area contributed by atoms with Crippen molar-refractivity contribution in [2.24, 2.45) is 0 Å². The molecule has 0 fully saturated rings. The molecule has 19 heavy (non-hydrogen) atoms. The lowest BCUT2D eigenvalue weighted by Crippen LogP contribution is -2.21. The molecule has 0 heterocycles. The van der Waals surface area contributed by atoms with E-state index in [2.05, 4.69) is 43.4 Å². The van der Waals surface area contributed by atoms with E-state index in [1.54, 1.807) is 0 Å². The largest absolute Gasteiger partial charge is 0.372 e. The summed E-state index contributed by atoms with van der Waals surface area (Å²) in [5.41, 5.74) is 2.62. The molecule has 0 aliphatic heterocycles. The number of benzene rings is 1. The van der Waals surface area contributed by atoms with E-state index in [9.17, 15) is 0 Å². The first kappa shape index (κ1) is 16.2. The number of likely N-dealkylation sites (N-methyl/N-ethyl adjacent to an activating group) is 1. The first-order valence-corrected chi connectivity index (χ1v) is 7.61. The topological polar surface area (TPSA) is 21.3 Å². The van der Waals surface area contributed by atoms with Gasteiger partial charge >= 0.3 is 0 Å². The van der Waals surface area contributed by atoms with Crippen molar-refractivity contribution in [2.75, 3.05) is 20.2 Å². The van der Waals surface area contributed by atoms with Crippen molar-refractivity contribution in [1.82, 2.24) is 5.32 Å². The minimum atomic E-state index is 0.178. The summed E-state index contributed by atoms with van der Waals surface area (Å²) in [5, 5.41) is 3.23. The van der Waals surface area contributed by atoms with E-state index in [1.165, 1.54) is 43.2 Å². The van der Waals surface area contributed by atoms with Gasteiger partial charge in [0.05, 0.1) is 6.10 Å². The van der Waals surface area contributed by atoms with Crippen molar-refractivity contribution < 1.29 is 4.74 Å². The number of hydrogen-bond donors (Lipinski definition) is 1. The van der Waals surface area contributed by atoms with Crippen molar-refractivity contribution in [1.29, 1.82) is 0 Å². The van der Waals surface area contributed by atoms with E-state index in [4.69, 9.17) is 4.74 Å². The molecule has 1 atom stereocenters. The van der Waals surface area contributed by atoms with E-state index in [0.717, 1.165) is 13.2 Å².